The maximum atomic E-state index is 12.9. The minimum Gasteiger partial charge on any atom is -0.454 e. The summed E-state index contributed by atoms with van der Waals surface area (Å²) in [5.74, 6) is 0.255. The van der Waals surface area contributed by atoms with Crippen LogP contribution in [0.5, 0.6) is 11.5 Å². The molecule has 5 rings (SSSR count). The number of ether oxygens (including phenoxy) is 2. The number of nitrogens with zero attached hydrogens (tertiary/aromatic N) is 3. The predicted octanol–water partition coefficient (Wildman–Crippen LogP) is 3.25. The fourth-order valence-corrected chi connectivity index (χ4v) is 4.90. The highest BCUT2D eigenvalue weighted by Crippen LogP contribution is 2.34. The highest BCUT2D eigenvalue weighted by atomic mass is 32.1. The summed E-state index contributed by atoms with van der Waals surface area (Å²) < 4.78 is 10.6. The van der Waals surface area contributed by atoms with Crippen LogP contribution < -0.4 is 20.1 Å². The Morgan fingerprint density at radius 3 is 2.50 bits per heavy atom. The summed E-state index contributed by atoms with van der Waals surface area (Å²) in [6.07, 6.45) is 1.13. The molecule has 2 aliphatic rings. The monoisotopic (exact) mass is 507 g/mol. The van der Waals surface area contributed by atoms with Gasteiger partial charge in [0, 0.05) is 30.8 Å². The minimum atomic E-state index is -0.465. The summed E-state index contributed by atoms with van der Waals surface area (Å²) in [7, 11) is 0. The number of piperidine rings is 1. The first-order valence-electron chi connectivity index (χ1n) is 11.7. The molecule has 2 aliphatic heterocycles. The molecule has 0 spiro atoms. The van der Waals surface area contributed by atoms with Crippen LogP contribution in [0.2, 0.25) is 0 Å². The Kier molecular flexibility index (Phi) is 6.81. The lowest BCUT2D eigenvalue weighted by Gasteiger charge is -2.31. The van der Waals surface area contributed by atoms with Gasteiger partial charge in [-0.15, -0.1) is 10.2 Å². The Morgan fingerprint density at radius 1 is 1.00 bits per heavy atom. The Balaban J connectivity index is 1.13. The number of anilines is 1. The van der Waals surface area contributed by atoms with Crippen molar-refractivity contribution in [2.75, 3.05) is 25.2 Å². The van der Waals surface area contributed by atoms with Crippen molar-refractivity contribution in [1.82, 2.24) is 20.4 Å². The van der Waals surface area contributed by atoms with Crippen molar-refractivity contribution in [3.63, 3.8) is 0 Å². The first-order valence-corrected chi connectivity index (χ1v) is 12.5. The van der Waals surface area contributed by atoms with Gasteiger partial charge in [-0.3, -0.25) is 14.4 Å². The molecule has 1 aromatic heterocycles. The number of fused-ring (bicyclic) bond motifs is 1. The average Bonchev–Trinajstić information content (AvgIpc) is 3.59. The van der Waals surface area contributed by atoms with Gasteiger partial charge in [0.15, 0.2) is 11.5 Å². The zero-order valence-corrected chi connectivity index (χ0v) is 20.4. The third-order valence-electron chi connectivity index (χ3n) is 6.24. The average molecular weight is 508 g/mol. The lowest BCUT2D eigenvalue weighted by Crippen LogP contribution is -2.43. The minimum absolute atomic E-state index is 0.00292. The summed E-state index contributed by atoms with van der Waals surface area (Å²) in [5, 5.41) is 13.9. The van der Waals surface area contributed by atoms with E-state index in [9.17, 15) is 14.4 Å². The van der Waals surface area contributed by atoms with Crippen LogP contribution in [0.15, 0.2) is 48.5 Å². The molecule has 11 heteroatoms. The number of carbonyl (C=O) groups excluding carboxylic acids is 3. The van der Waals surface area contributed by atoms with Gasteiger partial charge >= 0.3 is 0 Å². The van der Waals surface area contributed by atoms with E-state index in [2.05, 4.69) is 20.8 Å². The molecule has 0 bridgehead atoms. The molecular weight excluding hydrogens is 482 g/mol. The molecule has 0 saturated carbocycles. The van der Waals surface area contributed by atoms with Crippen molar-refractivity contribution in [1.29, 1.82) is 0 Å². The van der Waals surface area contributed by atoms with Crippen LogP contribution in [0, 0.1) is 5.92 Å². The van der Waals surface area contributed by atoms with E-state index >= 15 is 0 Å². The number of hydrogen-bond donors (Lipinski definition) is 2. The van der Waals surface area contributed by atoms with E-state index < -0.39 is 5.91 Å². The molecule has 1 unspecified atom stereocenters. The van der Waals surface area contributed by atoms with Gasteiger partial charge in [-0.2, -0.15) is 0 Å². The number of aromatic nitrogens is 2. The molecule has 3 aromatic rings. The zero-order valence-electron chi connectivity index (χ0n) is 19.6. The van der Waals surface area contributed by atoms with Gasteiger partial charge < -0.3 is 25.0 Å². The lowest BCUT2D eigenvalue weighted by atomic mass is 9.95. The zero-order chi connectivity index (χ0) is 25.1. The van der Waals surface area contributed by atoms with Gasteiger partial charge in [-0.25, -0.2) is 0 Å². The predicted molar refractivity (Wildman–Crippen MR) is 132 cm³/mol. The summed E-state index contributed by atoms with van der Waals surface area (Å²) in [5.41, 5.74) is 1.57. The molecule has 10 nitrogen and oxygen atoms in total. The van der Waals surface area contributed by atoms with Crippen molar-refractivity contribution >= 4 is 34.7 Å². The molecule has 36 heavy (non-hydrogen) atoms. The second-order valence-electron chi connectivity index (χ2n) is 8.64. The second kappa shape index (κ2) is 10.3. The van der Waals surface area contributed by atoms with Crippen LogP contribution in [0.3, 0.4) is 0 Å². The van der Waals surface area contributed by atoms with E-state index in [0.717, 1.165) is 16.9 Å². The van der Waals surface area contributed by atoms with Gasteiger partial charge in [-0.05, 0) is 37.5 Å². The Labute approximate surface area is 211 Å². The number of nitrogens with one attached hydrogen (secondary N) is 2. The molecule has 1 fully saturated rings. The first-order chi connectivity index (χ1) is 17.5. The fourth-order valence-electron chi connectivity index (χ4n) is 4.20. The van der Waals surface area contributed by atoms with Crippen molar-refractivity contribution in [3.8, 4) is 11.5 Å². The normalized spacial score (nSPS) is 15.9. The van der Waals surface area contributed by atoms with E-state index in [0.29, 0.717) is 43.1 Å². The highest BCUT2D eigenvalue weighted by molar-refractivity contribution is 7.15. The molecular formula is C25H25N5O5S. The molecule has 1 saturated heterocycles. The fraction of sp³-hybridized carbons (Fsp3) is 0.320. The van der Waals surface area contributed by atoms with Crippen LogP contribution in [0.25, 0.3) is 0 Å². The molecule has 3 amide bonds. The van der Waals surface area contributed by atoms with E-state index in [1.54, 1.807) is 23.1 Å². The quantitative estimate of drug-likeness (QED) is 0.525. The number of hydrogen-bond acceptors (Lipinski definition) is 8. The van der Waals surface area contributed by atoms with Gasteiger partial charge in [-0.1, -0.05) is 41.7 Å². The molecule has 1 atom stereocenters. The van der Waals surface area contributed by atoms with Crippen LogP contribution in [-0.4, -0.2) is 52.7 Å². The summed E-state index contributed by atoms with van der Waals surface area (Å²) >= 11 is 0.940. The molecule has 3 heterocycles. The van der Waals surface area contributed by atoms with Crippen LogP contribution >= 0.6 is 11.3 Å². The molecule has 0 radical (unpaired) electrons. The smallest absolute Gasteiger partial charge is 0.286 e. The van der Waals surface area contributed by atoms with E-state index in [1.807, 2.05) is 37.3 Å². The topological polar surface area (TPSA) is 123 Å². The second-order valence-corrected chi connectivity index (χ2v) is 9.62. The van der Waals surface area contributed by atoms with Gasteiger partial charge in [0.05, 0.1) is 6.04 Å². The Morgan fingerprint density at radius 2 is 1.72 bits per heavy atom. The van der Waals surface area contributed by atoms with Crippen LogP contribution in [0.4, 0.5) is 5.69 Å². The third kappa shape index (κ3) is 5.15. The number of rotatable bonds is 6. The maximum absolute atomic E-state index is 12.9. The number of amides is 3. The molecule has 2 aromatic carbocycles. The van der Waals surface area contributed by atoms with Crippen molar-refractivity contribution in [3.05, 3.63) is 64.1 Å². The summed E-state index contributed by atoms with van der Waals surface area (Å²) in [6, 6.07) is 14.8. The summed E-state index contributed by atoms with van der Waals surface area (Å²) in [4.78, 5) is 39.9. The van der Waals surface area contributed by atoms with Gasteiger partial charge in [0.2, 0.25) is 22.7 Å². The van der Waals surface area contributed by atoms with Crippen LogP contribution in [0.1, 0.15) is 51.0 Å². The lowest BCUT2D eigenvalue weighted by molar-refractivity contribution is -0.127. The van der Waals surface area contributed by atoms with Crippen molar-refractivity contribution in [2.24, 2.45) is 5.92 Å². The largest absolute Gasteiger partial charge is 0.454 e. The number of benzene rings is 2. The van der Waals surface area contributed by atoms with Crippen molar-refractivity contribution in [2.45, 2.75) is 25.8 Å². The standard InChI is InChI=1S/C25H25N5O5S/c1-15(16-5-3-2-4-6-16)26-21(31)17-9-11-30(12-10-17)25(33)24-29-28-23(36-24)22(32)27-18-7-8-19-20(13-18)35-14-34-19/h2-8,13,15,17H,9-12,14H2,1H3,(H,26,31)(H,27,32). The van der Waals surface area contributed by atoms with E-state index in [4.69, 9.17) is 9.47 Å². The Hall–Kier alpha value is -3.99. The highest BCUT2D eigenvalue weighted by Gasteiger charge is 2.30. The molecule has 186 valence electrons. The Bertz CT molecular complexity index is 1270. The van der Waals surface area contributed by atoms with E-state index in [1.165, 1.54) is 0 Å². The number of likely N-dealkylation sites (tertiary alicyclic amines) is 1. The maximum Gasteiger partial charge on any atom is 0.286 e. The molecule has 2 N–H and O–H groups in total. The third-order valence-corrected chi connectivity index (χ3v) is 7.15. The van der Waals surface area contributed by atoms with Crippen molar-refractivity contribution < 1.29 is 23.9 Å². The summed E-state index contributed by atoms with van der Waals surface area (Å²) in [6.45, 7) is 2.98. The van der Waals surface area contributed by atoms with Gasteiger partial charge in [0.25, 0.3) is 11.8 Å². The van der Waals surface area contributed by atoms with E-state index in [-0.39, 0.29) is 40.6 Å². The van der Waals surface area contributed by atoms with Gasteiger partial charge in [0.1, 0.15) is 0 Å². The van der Waals surface area contributed by atoms with Crippen LogP contribution in [-0.2, 0) is 4.79 Å². The molecule has 0 aliphatic carbocycles. The SMILES string of the molecule is CC(NC(=O)C1CCN(C(=O)c2nnc(C(=O)Nc3ccc4c(c3)OCO4)s2)CC1)c1ccccc1. The number of carbonyl (C=O) groups is 3. The first kappa shape index (κ1) is 23.7.